The number of rotatable bonds is 8. The van der Waals surface area contributed by atoms with Gasteiger partial charge in [-0.15, -0.1) is 0 Å². The van der Waals surface area contributed by atoms with E-state index in [0.717, 1.165) is 25.0 Å². The number of phenols is 4. The number of carbonyl (C=O) groups excluding carboxylic acids is 2. The summed E-state index contributed by atoms with van der Waals surface area (Å²) < 4.78 is 9.32. The molecule has 0 aliphatic heterocycles. The van der Waals surface area contributed by atoms with E-state index in [9.17, 15) is 30.0 Å². The summed E-state index contributed by atoms with van der Waals surface area (Å²) in [5, 5.41) is 46.4. The lowest BCUT2D eigenvalue weighted by Crippen LogP contribution is -2.11. The van der Waals surface area contributed by atoms with Gasteiger partial charge in [0, 0.05) is 12.1 Å². The second-order valence-electron chi connectivity index (χ2n) is 6.85. The molecular formula is C23H30O9. The Morgan fingerprint density at radius 2 is 1.22 bits per heavy atom. The molecule has 0 saturated heterocycles. The Kier molecular flexibility index (Phi) is 10.8. The zero-order chi connectivity index (χ0) is 24.3. The minimum Gasteiger partial charge on any atom is -0.508 e. The van der Waals surface area contributed by atoms with Crippen LogP contribution in [0, 0.1) is 0 Å². The van der Waals surface area contributed by atoms with Crippen LogP contribution in [0.1, 0.15) is 58.5 Å². The number of carbonyl (C=O) groups is 2. The molecule has 0 heterocycles. The Labute approximate surface area is 186 Å². The minimum absolute atomic E-state index is 0.0522. The molecule has 176 valence electrons. The third-order valence-corrected chi connectivity index (χ3v) is 4.32. The second-order valence-corrected chi connectivity index (χ2v) is 6.85. The summed E-state index contributed by atoms with van der Waals surface area (Å²) >= 11 is 0. The predicted octanol–water partition coefficient (Wildman–Crippen LogP) is 3.04. The van der Waals surface area contributed by atoms with Gasteiger partial charge >= 0.3 is 11.9 Å². The van der Waals surface area contributed by atoms with Crippen molar-refractivity contribution in [3.8, 4) is 23.0 Å². The van der Waals surface area contributed by atoms with Gasteiger partial charge in [-0.3, -0.25) is 0 Å². The monoisotopic (exact) mass is 450 g/mol. The van der Waals surface area contributed by atoms with E-state index in [1.54, 1.807) is 0 Å². The molecule has 0 saturated carbocycles. The van der Waals surface area contributed by atoms with Gasteiger partial charge in [-0.1, -0.05) is 26.7 Å². The number of benzene rings is 2. The van der Waals surface area contributed by atoms with Crippen molar-refractivity contribution in [2.24, 2.45) is 0 Å². The maximum atomic E-state index is 11.7. The maximum absolute atomic E-state index is 11.7. The average molecular weight is 450 g/mol. The molecule has 0 amide bonds. The van der Waals surface area contributed by atoms with Gasteiger partial charge in [0.1, 0.15) is 40.7 Å². The highest BCUT2D eigenvalue weighted by Crippen LogP contribution is 2.29. The molecule has 2 aromatic rings. The Morgan fingerprint density at radius 1 is 0.781 bits per heavy atom. The molecule has 9 heteroatoms. The molecule has 2 rings (SSSR count). The van der Waals surface area contributed by atoms with Gasteiger partial charge in [-0.25, -0.2) is 9.59 Å². The van der Waals surface area contributed by atoms with Crippen LogP contribution in [0.3, 0.4) is 0 Å². The highest BCUT2D eigenvalue weighted by molar-refractivity contribution is 5.95. The van der Waals surface area contributed by atoms with Crippen LogP contribution in [-0.4, -0.2) is 57.8 Å². The quantitative estimate of drug-likeness (QED) is 0.382. The molecule has 0 fully saturated rings. The number of aliphatic hydroxyl groups excluding tert-OH is 1. The summed E-state index contributed by atoms with van der Waals surface area (Å²) in [6.07, 6.45) is 2.73. The number of hydrogen-bond donors (Lipinski definition) is 5. The van der Waals surface area contributed by atoms with E-state index < -0.39 is 11.9 Å². The fourth-order valence-corrected chi connectivity index (χ4v) is 3.06. The molecule has 32 heavy (non-hydrogen) atoms. The molecule has 0 unspecified atom stereocenters. The van der Waals surface area contributed by atoms with Crippen LogP contribution in [0.5, 0.6) is 23.0 Å². The molecule has 0 bridgehead atoms. The minimum atomic E-state index is -0.694. The molecular weight excluding hydrogens is 420 g/mol. The van der Waals surface area contributed by atoms with Crippen molar-refractivity contribution in [2.45, 2.75) is 39.5 Å². The first-order valence-electron chi connectivity index (χ1n) is 10.2. The number of hydrogen-bond acceptors (Lipinski definition) is 9. The summed E-state index contributed by atoms with van der Waals surface area (Å²) in [5.74, 6) is -1.98. The highest BCUT2D eigenvalue weighted by atomic mass is 16.5. The zero-order valence-corrected chi connectivity index (χ0v) is 18.4. The van der Waals surface area contributed by atoms with Crippen molar-refractivity contribution in [3.63, 3.8) is 0 Å². The molecule has 5 N–H and O–H groups in total. The summed E-state index contributed by atoms with van der Waals surface area (Å²) in [5.41, 5.74) is 1.32. The Balaban J connectivity index is 0.000000323. The first kappa shape index (κ1) is 26.6. The van der Waals surface area contributed by atoms with E-state index in [1.165, 1.54) is 19.2 Å². The Bertz CT molecular complexity index is 922. The van der Waals surface area contributed by atoms with Crippen molar-refractivity contribution in [1.82, 2.24) is 0 Å². The van der Waals surface area contributed by atoms with Crippen molar-refractivity contribution in [1.29, 1.82) is 0 Å². The molecule has 9 nitrogen and oxygen atoms in total. The smallest absolute Gasteiger partial charge is 0.342 e. The van der Waals surface area contributed by atoms with E-state index in [1.807, 2.05) is 13.8 Å². The van der Waals surface area contributed by atoms with Crippen LogP contribution in [0.2, 0.25) is 0 Å². The lowest BCUT2D eigenvalue weighted by atomic mass is 10.0. The number of ether oxygens (including phenoxy) is 2. The van der Waals surface area contributed by atoms with Crippen LogP contribution < -0.4 is 0 Å². The fraction of sp³-hybridized carbons (Fsp3) is 0.391. The second kappa shape index (κ2) is 13.1. The molecule has 0 aromatic heterocycles. The summed E-state index contributed by atoms with van der Waals surface area (Å²) in [7, 11) is 1.25. The summed E-state index contributed by atoms with van der Waals surface area (Å²) in [6, 6.07) is 5.12. The highest BCUT2D eigenvalue weighted by Gasteiger charge is 2.19. The number of methoxy groups -OCH3 is 1. The van der Waals surface area contributed by atoms with E-state index >= 15 is 0 Å². The van der Waals surface area contributed by atoms with Crippen molar-refractivity contribution in [2.75, 3.05) is 20.3 Å². The summed E-state index contributed by atoms with van der Waals surface area (Å²) in [6.45, 7) is 3.48. The van der Waals surface area contributed by atoms with Crippen molar-refractivity contribution < 1.29 is 44.6 Å². The van der Waals surface area contributed by atoms with Crippen molar-refractivity contribution in [3.05, 3.63) is 46.5 Å². The van der Waals surface area contributed by atoms with Gasteiger partial charge < -0.3 is 35.0 Å². The van der Waals surface area contributed by atoms with E-state index in [-0.39, 0.29) is 47.3 Å². The molecule has 0 radical (unpaired) electrons. The van der Waals surface area contributed by atoms with Gasteiger partial charge in [-0.05, 0) is 36.1 Å². The van der Waals surface area contributed by atoms with Crippen LogP contribution in [-0.2, 0) is 22.3 Å². The molecule has 0 spiro atoms. The molecule has 2 aromatic carbocycles. The van der Waals surface area contributed by atoms with E-state index in [4.69, 9.17) is 9.84 Å². The maximum Gasteiger partial charge on any atom is 0.342 e. The van der Waals surface area contributed by atoms with E-state index in [0.29, 0.717) is 24.0 Å². The van der Waals surface area contributed by atoms with E-state index in [2.05, 4.69) is 4.74 Å². The number of esters is 2. The van der Waals surface area contributed by atoms with Gasteiger partial charge in [-0.2, -0.15) is 0 Å². The summed E-state index contributed by atoms with van der Waals surface area (Å²) in [4.78, 5) is 23.0. The third kappa shape index (κ3) is 7.35. The van der Waals surface area contributed by atoms with Gasteiger partial charge in [0.15, 0.2) is 0 Å². The average Bonchev–Trinajstić information content (AvgIpc) is 2.72. The Hall–Kier alpha value is -3.46. The standard InChI is InChI=1S/C12H16O5.C11H14O4/c1-2-3-8-6-9(14)7-10(15)11(8)12(16)17-5-4-13;1-3-4-7-5-8(12)6-9(13)10(7)11(14)15-2/h6-7,13-15H,2-5H2,1H3;5-6,12-13H,3-4H2,1-2H3. The van der Waals surface area contributed by atoms with Crippen LogP contribution in [0.15, 0.2) is 24.3 Å². The molecule has 0 aliphatic rings. The molecule has 0 aliphatic carbocycles. The van der Waals surface area contributed by atoms with Crippen LogP contribution in [0.25, 0.3) is 0 Å². The van der Waals surface area contributed by atoms with Crippen molar-refractivity contribution >= 4 is 11.9 Å². The Morgan fingerprint density at radius 3 is 1.59 bits per heavy atom. The van der Waals surface area contributed by atoms with Gasteiger partial charge in [0.05, 0.1) is 13.7 Å². The third-order valence-electron chi connectivity index (χ3n) is 4.32. The lowest BCUT2D eigenvalue weighted by molar-refractivity contribution is 0.0428. The van der Waals surface area contributed by atoms with Gasteiger partial charge in [0.25, 0.3) is 0 Å². The van der Waals surface area contributed by atoms with Crippen LogP contribution in [0.4, 0.5) is 0 Å². The number of phenolic OH excluding ortho intramolecular Hbond substituents is 4. The van der Waals surface area contributed by atoms with Crippen LogP contribution >= 0.6 is 0 Å². The van der Waals surface area contributed by atoms with Gasteiger partial charge in [0.2, 0.25) is 0 Å². The largest absolute Gasteiger partial charge is 0.508 e. The first-order chi connectivity index (χ1) is 15.2. The fourth-order valence-electron chi connectivity index (χ4n) is 3.06. The lowest BCUT2D eigenvalue weighted by Gasteiger charge is -2.11. The number of aliphatic hydroxyl groups is 1. The number of aryl methyl sites for hydroxylation is 2. The normalized spacial score (nSPS) is 10.1. The topological polar surface area (TPSA) is 154 Å². The first-order valence-corrected chi connectivity index (χ1v) is 10.2. The number of aromatic hydroxyl groups is 4. The predicted molar refractivity (Wildman–Crippen MR) is 116 cm³/mol. The molecule has 0 atom stereocenters. The zero-order valence-electron chi connectivity index (χ0n) is 18.4. The SMILES string of the molecule is CCCc1cc(O)cc(O)c1C(=O)OC.CCCc1cc(O)cc(O)c1C(=O)OCCO.